The number of ether oxygens (including phenoxy) is 1. The maximum Gasteiger partial charge on any atom is 0.293 e. The number of halogens is 1. The van der Waals surface area contributed by atoms with Crippen LogP contribution in [0.25, 0.3) is 0 Å². The van der Waals surface area contributed by atoms with Crippen molar-refractivity contribution < 1.29 is 19.1 Å². The first-order chi connectivity index (χ1) is 10.1. The van der Waals surface area contributed by atoms with Gasteiger partial charge in [0, 0.05) is 3.57 Å². The summed E-state index contributed by atoms with van der Waals surface area (Å²) < 4.78 is 6.02. The minimum absolute atomic E-state index is 0.129. The van der Waals surface area contributed by atoms with Gasteiger partial charge in [0.25, 0.3) is 6.47 Å². The van der Waals surface area contributed by atoms with Crippen LogP contribution in [0.1, 0.15) is 19.3 Å². The van der Waals surface area contributed by atoms with E-state index >= 15 is 0 Å². The molecule has 0 spiro atoms. The summed E-state index contributed by atoms with van der Waals surface area (Å²) in [6.07, 6.45) is 1.42. The minimum atomic E-state index is -0.365. The first-order valence-electron chi connectivity index (χ1n) is 6.84. The zero-order valence-electron chi connectivity index (χ0n) is 11.2. The van der Waals surface area contributed by atoms with E-state index in [0.29, 0.717) is 31.4 Å². The number of carbonyl (C=O) groups is 3. The molecular formula is C15H14INO4. The van der Waals surface area contributed by atoms with Crippen LogP contribution in [0, 0.1) is 15.4 Å². The van der Waals surface area contributed by atoms with Gasteiger partial charge in [0.2, 0.25) is 11.8 Å². The van der Waals surface area contributed by atoms with Gasteiger partial charge in [0.15, 0.2) is 0 Å². The standard InChI is InChI=1S/C15H14INO4/c16-9-1-3-10(4-2-9)17-14(19)12-6-5-11(21-8-18)7-13(12)15(17)20/h1-4,8,11-13H,5-7H2. The molecule has 1 saturated carbocycles. The highest BCUT2D eigenvalue weighted by molar-refractivity contribution is 14.1. The largest absolute Gasteiger partial charge is 0.465 e. The van der Waals surface area contributed by atoms with Crippen molar-refractivity contribution in [2.24, 2.45) is 11.8 Å². The van der Waals surface area contributed by atoms with Crippen molar-refractivity contribution in [3.8, 4) is 0 Å². The second kappa shape index (κ2) is 5.75. The second-order valence-corrected chi connectivity index (χ2v) is 6.61. The van der Waals surface area contributed by atoms with E-state index in [1.807, 2.05) is 12.1 Å². The van der Waals surface area contributed by atoms with Crippen LogP contribution < -0.4 is 4.90 Å². The molecule has 2 aliphatic rings. The Morgan fingerprint density at radius 3 is 2.43 bits per heavy atom. The van der Waals surface area contributed by atoms with Crippen LogP contribution >= 0.6 is 22.6 Å². The third-order valence-electron chi connectivity index (χ3n) is 4.21. The monoisotopic (exact) mass is 399 g/mol. The van der Waals surface area contributed by atoms with Gasteiger partial charge in [0.1, 0.15) is 6.10 Å². The van der Waals surface area contributed by atoms with Gasteiger partial charge in [-0.25, -0.2) is 0 Å². The van der Waals surface area contributed by atoms with E-state index < -0.39 is 0 Å². The van der Waals surface area contributed by atoms with Crippen LogP contribution in [-0.4, -0.2) is 24.4 Å². The predicted molar refractivity (Wildman–Crippen MR) is 83.4 cm³/mol. The SMILES string of the molecule is O=COC1CCC2C(=O)N(c3ccc(I)cc3)C(=O)C2C1. The number of hydrogen-bond donors (Lipinski definition) is 0. The molecule has 0 radical (unpaired) electrons. The van der Waals surface area contributed by atoms with Gasteiger partial charge in [0.05, 0.1) is 17.5 Å². The third-order valence-corrected chi connectivity index (χ3v) is 4.93. The smallest absolute Gasteiger partial charge is 0.293 e. The molecule has 3 rings (SSSR count). The molecule has 1 aliphatic carbocycles. The van der Waals surface area contributed by atoms with E-state index in [1.165, 1.54) is 4.90 Å². The first kappa shape index (κ1) is 14.5. The van der Waals surface area contributed by atoms with Crippen molar-refractivity contribution >= 4 is 46.6 Å². The van der Waals surface area contributed by atoms with Gasteiger partial charge >= 0.3 is 0 Å². The van der Waals surface area contributed by atoms with Crippen LogP contribution in [0.4, 0.5) is 5.69 Å². The average Bonchev–Trinajstić information content (AvgIpc) is 2.72. The Labute approximate surface area is 135 Å². The van der Waals surface area contributed by atoms with Crippen LogP contribution in [0.3, 0.4) is 0 Å². The van der Waals surface area contributed by atoms with Gasteiger partial charge in [-0.05, 0) is 66.1 Å². The Bertz CT molecular complexity index is 586. The van der Waals surface area contributed by atoms with Crippen molar-refractivity contribution in [3.63, 3.8) is 0 Å². The summed E-state index contributed by atoms with van der Waals surface area (Å²) in [6.45, 7) is 0.420. The second-order valence-electron chi connectivity index (χ2n) is 5.37. The van der Waals surface area contributed by atoms with E-state index in [9.17, 15) is 14.4 Å². The number of imide groups is 1. The van der Waals surface area contributed by atoms with Gasteiger partial charge < -0.3 is 4.74 Å². The fraction of sp³-hybridized carbons (Fsp3) is 0.400. The fourth-order valence-corrected chi connectivity index (χ4v) is 3.55. The van der Waals surface area contributed by atoms with Crippen LogP contribution in [-0.2, 0) is 19.1 Å². The molecule has 3 unspecified atom stereocenters. The van der Waals surface area contributed by atoms with Crippen LogP contribution in [0.15, 0.2) is 24.3 Å². The number of carbonyl (C=O) groups excluding carboxylic acids is 3. The number of nitrogens with zero attached hydrogens (tertiary/aromatic N) is 1. The Balaban J connectivity index is 1.85. The third kappa shape index (κ3) is 2.56. The number of amides is 2. The quantitative estimate of drug-likeness (QED) is 0.444. The molecule has 2 fully saturated rings. The number of hydrogen-bond acceptors (Lipinski definition) is 4. The summed E-state index contributed by atoms with van der Waals surface area (Å²) in [7, 11) is 0. The molecule has 3 atom stereocenters. The molecule has 1 heterocycles. The lowest BCUT2D eigenvalue weighted by molar-refractivity contribution is -0.138. The molecule has 6 heteroatoms. The highest BCUT2D eigenvalue weighted by Crippen LogP contribution is 2.40. The number of fused-ring (bicyclic) bond motifs is 1. The minimum Gasteiger partial charge on any atom is -0.465 e. The normalized spacial score (nSPS) is 28.4. The predicted octanol–water partition coefficient (Wildman–Crippen LogP) is 2.12. The van der Waals surface area contributed by atoms with Gasteiger partial charge in [-0.15, -0.1) is 0 Å². The van der Waals surface area contributed by atoms with E-state index in [-0.39, 0.29) is 29.8 Å². The molecule has 2 amide bonds. The lowest BCUT2D eigenvalue weighted by Gasteiger charge is -2.26. The van der Waals surface area contributed by atoms with Crippen molar-refractivity contribution in [2.75, 3.05) is 4.90 Å². The molecule has 1 aliphatic heterocycles. The van der Waals surface area contributed by atoms with E-state index in [0.717, 1.165) is 3.57 Å². The molecule has 1 saturated heterocycles. The lowest BCUT2D eigenvalue weighted by atomic mass is 9.79. The fourth-order valence-electron chi connectivity index (χ4n) is 3.19. The zero-order chi connectivity index (χ0) is 15.0. The lowest BCUT2D eigenvalue weighted by Crippen LogP contribution is -2.31. The van der Waals surface area contributed by atoms with Gasteiger partial charge in [-0.1, -0.05) is 0 Å². The summed E-state index contributed by atoms with van der Waals surface area (Å²) in [4.78, 5) is 36.8. The van der Waals surface area contributed by atoms with Gasteiger partial charge in [-0.3, -0.25) is 19.3 Å². The zero-order valence-corrected chi connectivity index (χ0v) is 13.4. The Morgan fingerprint density at radius 1 is 1.10 bits per heavy atom. The number of rotatable bonds is 3. The van der Waals surface area contributed by atoms with Crippen LogP contribution in [0.5, 0.6) is 0 Å². The van der Waals surface area contributed by atoms with Crippen LogP contribution in [0.2, 0.25) is 0 Å². The number of benzene rings is 1. The maximum absolute atomic E-state index is 12.5. The Hall–Kier alpha value is -1.44. The van der Waals surface area contributed by atoms with Crippen molar-refractivity contribution in [2.45, 2.75) is 25.4 Å². The molecule has 1 aromatic carbocycles. The van der Waals surface area contributed by atoms with E-state index in [1.54, 1.807) is 12.1 Å². The molecule has 0 bridgehead atoms. The number of anilines is 1. The molecule has 0 N–H and O–H groups in total. The topological polar surface area (TPSA) is 63.7 Å². The summed E-state index contributed by atoms with van der Waals surface area (Å²) in [5.74, 6) is -0.945. The summed E-state index contributed by atoms with van der Waals surface area (Å²) in [5, 5.41) is 0. The van der Waals surface area contributed by atoms with E-state index in [2.05, 4.69) is 22.6 Å². The molecular weight excluding hydrogens is 385 g/mol. The molecule has 21 heavy (non-hydrogen) atoms. The highest BCUT2D eigenvalue weighted by atomic mass is 127. The van der Waals surface area contributed by atoms with Gasteiger partial charge in [-0.2, -0.15) is 0 Å². The van der Waals surface area contributed by atoms with Crippen molar-refractivity contribution in [1.82, 2.24) is 0 Å². The maximum atomic E-state index is 12.5. The van der Waals surface area contributed by atoms with Crippen molar-refractivity contribution in [3.05, 3.63) is 27.8 Å². The van der Waals surface area contributed by atoms with E-state index in [4.69, 9.17) is 4.74 Å². The molecule has 0 aromatic heterocycles. The Morgan fingerprint density at radius 2 is 1.76 bits per heavy atom. The average molecular weight is 399 g/mol. The highest BCUT2D eigenvalue weighted by Gasteiger charge is 2.51. The summed E-state index contributed by atoms with van der Waals surface area (Å²) in [5.41, 5.74) is 0.618. The molecule has 5 nitrogen and oxygen atoms in total. The summed E-state index contributed by atoms with van der Waals surface area (Å²) in [6, 6.07) is 7.32. The van der Waals surface area contributed by atoms with Crippen molar-refractivity contribution in [1.29, 1.82) is 0 Å². The first-order valence-corrected chi connectivity index (χ1v) is 7.92. The molecule has 110 valence electrons. The molecule has 1 aromatic rings. The Kier molecular flexibility index (Phi) is 3.97. The summed E-state index contributed by atoms with van der Waals surface area (Å²) >= 11 is 2.18.